The molecule has 4 heteroatoms. The highest BCUT2D eigenvalue weighted by atomic mass is 16.5. The van der Waals surface area contributed by atoms with Gasteiger partial charge in [0.1, 0.15) is 5.60 Å². The largest absolute Gasteiger partial charge is 0.491 e. The normalized spacial score (nSPS) is 23.8. The van der Waals surface area contributed by atoms with E-state index in [4.69, 9.17) is 9.47 Å². The van der Waals surface area contributed by atoms with Gasteiger partial charge < -0.3 is 14.5 Å². The number of methoxy groups -OCH3 is 1. The Morgan fingerprint density at radius 2 is 2.00 bits per heavy atom. The van der Waals surface area contributed by atoms with Crippen molar-refractivity contribution in [2.45, 2.75) is 37.9 Å². The van der Waals surface area contributed by atoms with Crippen LogP contribution in [0.1, 0.15) is 47.8 Å². The quantitative estimate of drug-likeness (QED) is 0.750. The number of nitrogens with one attached hydrogen (secondary N) is 1. The van der Waals surface area contributed by atoms with Crippen molar-refractivity contribution in [3.05, 3.63) is 75.1 Å². The third-order valence-corrected chi connectivity index (χ3v) is 5.88. The first-order chi connectivity index (χ1) is 12.7. The fourth-order valence-electron chi connectivity index (χ4n) is 4.82. The van der Waals surface area contributed by atoms with Gasteiger partial charge in [-0.3, -0.25) is 4.79 Å². The number of ether oxygens (including phenoxy) is 2. The number of benzene rings is 2. The fourth-order valence-corrected chi connectivity index (χ4v) is 4.82. The zero-order valence-corrected chi connectivity index (χ0v) is 15.0. The summed E-state index contributed by atoms with van der Waals surface area (Å²) in [5.74, 6) is 0.390. The van der Waals surface area contributed by atoms with Gasteiger partial charge in [-0.05, 0) is 43.4 Å². The van der Waals surface area contributed by atoms with Crippen molar-refractivity contribution in [1.82, 2.24) is 4.98 Å². The number of H-pyrrole nitrogens is 1. The molecule has 1 saturated heterocycles. The topological polar surface area (TPSA) is 51.3 Å². The Labute approximate surface area is 151 Å². The van der Waals surface area contributed by atoms with E-state index in [0.717, 1.165) is 47.0 Å². The molecule has 0 aliphatic carbocycles. The molecular formula is C22H21NO3. The van der Waals surface area contributed by atoms with Crippen LogP contribution < -0.4 is 10.2 Å². The second-order valence-electron chi connectivity index (χ2n) is 7.25. The summed E-state index contributed by atoms with van der Waals surface area (Å²) in [5, 5.41) is 0.717. The van der Waals surface area contributed by atoms with Crippen LogP contribution >= 0.6 is 0 Å². The van der Waals surface area contributed by atoms with Crippen LogP contribution in [0.25, 0.3) is 10.9 Å². The first kappa shape index (κ1) is 15.6. The van der Waals surface area contributed by atoms with E-state index in [-0.39, 0.29) is 11.5 Å². The molecule has 2 bridgehead atoms. The molecule has 1 N–H and O–H groups in total. The predicted octanol–water partition coefficient (Wildman–Crippen LogP) is 4.34. The summed E-state index contributed by atoms with van der Waals surface area (Å²) >= 11 is 0. The zero-order valence-electron chi connectivity index (χ0n) is 15.0. The SMILES string of the molecule is COc1c(C)[nH]c2ccc3c(c2c1=O)[C@H]1CCCC3(c2ccccc2)O1. The summed E-state index contributed by atoms with van der Waals surface area (Å²) < 4.78 is 12.0. The summed E-state index contributed by atoms with van der Waals surface area (Å²) in [6, 6.07) is 14.5. The van der Waals surface area contributed by atoms with E-state index in [1.165, 1.54) is 5.56 Å². The van der Waals surface area contributed by atoms with Crippen molar-refractivity contribution in [2.24, 2.45) is 0 Å². The summed E-state index contributed by atoms with van der Waals surface area (Å²) in [5.41, 5.74) is 4.46. The molecule has 132 valence electrons. The Morgan fingerprint density at radius 1 is 1.19 bits per heavy atom. The third-order valence-electron chi connectivity index (χ3n) is 5.88. The Kier molecular flexibility index (Phi) is 3.28. The Balaban J connectivity index is 1.87. The highest BCUT2D eigenvalue weighted by Crippen LogP contribution is 2.56. The van der Waals surface area contributed by atoms with Gasteiger partial charge in [-0.2, -0.15) is 0 Å². The van der Waals surface area contributed by atoms with Crippen LogP contribution in [0.2, 0.25) is 0 Å². The molecule has 0 saturated carbocycles. The molecule has 0 amide bonds. The van der Waals surface area contributed by atoms with Crippen LogP contribution in [0.4, 0.5) is 0 Å². The molecular weight excluding hydrogens is 326 g/mol. The van der Waals surface area contributed by atoms with Gasteiger partial charge >= 0.3 is 0 Å². The summed E-state index contributed by atoms with van der Waals surface area (Å²) in [7, 11) is 1.55. The molecule has 2 aliphatic rings. The van der Waals surface area contributed by atoms with Gasteiger partial charge in [0.25, 0.3) is 0 Å². The van der Waals surface area contributed by atoms with Crippen molar-refractivity contribution in [3.63, 3.8) is 0 Å². The average molecular weight is 347 g/mol. The second kappa shape index (κ2) is 5.45. The van der Waals surface area contributed by atoms with Crippen LogP contribution in [0, 0.1) is 6.92 Å². The van der Waals surface area contributed by atoms with E-state index < -0.39 is 5.60 Å². The number of pyridine rings is 1. The smallest absolute Gasteiger partial charge is 0.231 e. The van der Waals surface area contributed by atoms with Crippen molar-refractivity contribution in [3.8, 4) is 5.75 Å². The van der Waals surface area contributed by atoms with Crippen molar-refractivity contribution >= 4 is 10.9 Å². The van der Waals surface area contributed by atoms with Gasteiger partial charge in [0.15, 0.2) is 5.75 Å². The molecule has 2 aliphatic heterocycles. The van der Waals surface area contributed by atoms with E-state index in [1.807, 2.05) is 19.1 Å². The third kappa shape index (κ3) is 1.91. The standard InChI is InChI=1S/C22H21NO3/c1-13-21(25-2)20(24)19-16(23-13)11-10-15-18(19)17-9-6-12-22(15,26-17)14-7-4-3-5-8-14/h3-5,7-8,10-11,17H,6,9,12H2,1-2H3,(H,23,24)/t17-,22?/m1/s1. The van der Waals surface area contributed by atoms with E-state index in [2.05, 4.69) is 35.3 Å². The number of aromatic nitrogens is 1. The van der Waals surface area contributed by atoms with Gasteiger partial charge in [0.05, 0.1) is 29.8 Å². The second-order valence-corrected chi connectivity index (χ2v) is 7.25. The van der Waals surface area contributed by atoms with Gasteiger partial charge in [-0.25, -0.2) is 0 Å². The molecule has 2 aromatic carbocycles. The zero-order chi connectivity index (χ0) is 17.9. The summed E-state index contributed by atoms with van der Waals surface area (Å²) in [6.07, 6.45) is 2.91. The minimum atomic E-state index is -0.446. The lowest BCUT2D eigenvalue weighted by atomic mass is 9.82. The molecule has 5 rings (SSSR count). The minimum absolute atomic E-state index is 0.0452. The Morgan fingerprint density at radius 3 is 2.77 bits per heavy atom. The number of aromatic amines is 1. The monoisotopic (exact) mass is 347 g/mol. The van der Waals surface area contributed by atoms with E-state index in [9.17, 15) is 4.79 Å². The highest BCUT2D eigenvalue weighted by Gasteiger charge is 2.49. The highest BCUT2D eigenvalue weighted by molar-refractivity contribution is 5.86. The first-order valence-corrected chi connectivity index (χ1v) is 9.13. The molecule has 0 radical (unpaired) electrons. The molecule has 1 aromatic heterocycles. The molecule has 0 spiro atoms. The molecule has 3 heterocycles. The van der Waals surface area contributed by atoms with Crippen molar-refractivity contribution in [1.29, 1.82) is 0 Å². The van der Waals surface area contributed by atoms with Gasteiger partial charge in [-0.1, -0.05) is 36.4 Å². The lowest BCUT2D eigenvalue weighted by Crippen LogP contribution is -2.30. The van der Waals surface area contributed by atoms with Crippen LogP contribution in [0.5, 0.6) is 5.75 Å². The van der Waals surface area contributed by atoms with E-state index in [0.29, 0.717) is 5.75 Å². The number of hydrogen-bond donors (Lipinski definition) is 1. The van der Waals surface area contributed by atoms with E-state index >= 15 is 0 Å². The summed E-state index contributed by atoms with van der Waals surface area (Å²) in [6.45, 7) is 1.87. The fraction of sp³-hybridized carbons (Fsp3) is 0.318. The maximum atomic E-state index is 13.2. The molecule has 26 heavy (non-hydrogen) atoms. The lowest BCUT2D eigenvalue weighted by molar-refractivity contribution is -0.0857. The van der Waals surface area contributed by atoms with Gasteiger partial charge in [0, 0.05) is 5.56 Å². The Hall–Kier alpha value is -2.59. The number of fused-ring (bicyclic) bond motifs is 7. The van der Waals surface area contributed by atoms with Crippen molar-refractivity contribution < 1.29 is 9.47 Å². The maximum absolute atomic E-state index is 13.2. The van der Waals surface area contributed by atoms with Crippen LogP contribution in [0.3, 0.4) is 0 Å². The van der Waals surface area contributed by atoms with Crippen LogP contribution in [-0.4, -0.2) is 12.1 Å². The molecule has 2 atom stereocenters. The molecule has 4 nitrogen and oxygen atoms in total. The lowest BCUT2D eigenvalue weighted by Gasteiger charge is -2.34. The molecule has 3 aromatic rings. The maximum Gasteiger partial charge on any atom is 0.231 e. The predicted molar refractivity (Wildman–Crippen MR) is 101 cm³/mol. The first-order valence-electron chi connectivity index (χ1n) is 9.13. The van der Waals surface area contributed by atoms with Crippen molar-refractivity contribution in [2.75, 3.05) is 7.11 Å². The number of hydrogen-bond acceptors (Lipinski definition) is 3. The van der Waals surface area contributed by atoms with E-state index in [1.54, 1.807) is 7.11 Å². The average Bonchev–Trinajstić information content (AvgIpc) is 2.90. The molecule has 1 fully saturated rings. The Bertz CT molecular complexity index is 1070. The van der Waals surface area contributed by atoms with Gasteiger partial charge in [0.2, 0.25) is 5.43 Å². The van der Waals surface area contributed by atoms with Gasteiger partial charge in [-0.15, -0.1) is 0 Å². The minimum Gasteiger partial charge on any atom is -0.491 e. The summed E-state index contributed by atoms with van der Waals surface area (Å²) in [4.78, 5) is 16.5. The van der Waals surface area contributed by atoms with Crippen LogP contribution in [0.15, 0.2) is 47.3 Å². The number of aryl methyl sites for hydroxylation is 1. The van der Waals surface area contributed by atoms with Crippen LogP contribution in [-0.2, 0) is 10.3 Å². The molecule has 1 unspecified atom stereocenters. The number of rotatable bonds is 2.